The molecule has 0 fully saturated rings. The molecule has 2 aromatic rings. The molecule has 1 aromatic heterocycles. The van der Waals surface area contributed by atoms with Crippen molar-refractivity contribution in [3.05, 3.63) is 52.6 Å². The van der Waals surface area contributed by atoms with E-state index in [9.17, 15) is 14.3 Å². The van der Waals surface area contributed by atoms with Crippen LogP contribution in [0.4, 0.5) is 9.18 Å². The minimum absolute atomic E-state index is 0.0431. The van der Waals surface area contributed by atoms with Crippen molar-refractivity contribution in [1.82, 2.24) is 20.4 Å². The Morgan fingerprint density at radius 2 is 2.26 bits per heavy atom. The molecule has 0 bridgehead atoms. The van der Waals surface area contributed by atoms with Crippen molar-refractivity contribution in [1.29, 1.82) is 0 Å². The lowest BCUT2D eigenvalue weighted by Crippen LogP contribution is -2.39. The molecule has 1 heterocycles. The predicted octanol–water partition coefficient (Wildman–Crippen LogP) is 2.31. The number of aliphatic hydroxyl groups excluding tert-OH is 1. The molecule has 2 amide bonds. The first-order chi connectivity index (χ1) is 10.9. The number of urea groups is 1. The van der Waals surface area contributed by atoms with Crippen LogP contribution in [-0.4, -0.2) is 27.5 Å². The summed E-state index contributed by atoms with van der Waals surface area (Å²) in [4.78, 5) is 11.9. The highest BCUT2D eigenvalue weighted by Crippen LogP contribution is 2.23. The summed E-state index contributed by atoms with van der Waals surface area (Å²) in [5.74, 6) is -0.435. The van der Waals surface area contributed by atoms with Crippen molar-refractivity contribution >= 4 is 17.6 Å². The molecule has 124 valence electrons. The molecular weight excluding hydrogens is 323 g/mol. The van der Waals surface area contributed by atoms with Gasteiger partial charge in [-0.1, -0.05) is 17.7 Å². The zero-order valence-electron chi connectivity index (χ0n) is 12.8. The maximum Gasteiger partial charge on any atom is 0.315 e. The van der Waals surface area contributed by atoms with Crippen LogP contribution in [0.5, 0.6) is 0 Å². The highest BCUT2D eigenvalue weighted by molar-refractivity contribution is 6.31. The highest BCUT2D eigenvalue weighted by atomic mass is 35.5. The van der Waals surface area contributed by atoms with E-state index < -0.39 is 24.0 Å². The van der Waals surface area contributed by atoms with Crippen molar-refractivity contribution in [2.45, 2.75) is 19.1 Å². The molecule has 2 atom stereocenters. The van der Waals surface area contributed by atoms with E-state index >= 15 is 0 Å². The Balaban J connectivity index is 1.86. The van der Waals surface area contributed by atoms with Gasteiger partial charge >= 0.3 is 6.03 Å². The van der Waals surface area contributed by atoms with Gasteiger partial charge in [0.25, 0.3) is 0 Å². The summed E-state index contributed by atoms with van der Waals surface area (Å²) in [6.07, 6.45) is 2.36. The summed E-state index contributed by atoms with van der Waals surface area (Å²) in [5.41, 5.74) is 1.22. The number of nitrogens with one attached hydrogen (secondary N) is 2. The Bertz CT molecular complexity index is 692. The third-order valence-electron chi connectivity index (χ3n) is 3.34. The summed E-state index contributed by atoms with van der Waals surface area (Å²) in [7, 11) is 1.74. The summed E-state index contributed by atoms with van der Waals surface area (Å²) in [6, 6.07) is 3.13. The average Bonchev–Trinajstić information content (AvgIpc) is 2.91. The number of carbonyl (C=O) groups is 1. The van der Waals surface area contributed by atoms with E-state index in [2.05, 4.69) is 15.7 Å². The topological polar surface area (TPSA) is 79.2 Å². The van der Waals surface area contributed by atoms with Crippen LogP contribution < -0.4 is 10.6 Å². The van der Waals surface area contributed by atoms with Crippen LogP contribution in [0, 0.1) is 5.82 Å². The number of hydrogen-bond acceptors (Lipinski definition) is 3. The lowest BCUT2D eigenvalue weighted by atomic mass is 10.1. The number of hydrogen-bond donors (Lipinski definition) is 3. The zero-order valence-corrected chi connectivity index (χ0v) is 13.5. The highest BCUT2D eigenvalue weighted by Gasteiger charge is 2.15. The molecule has 0 spiro atoms. The molecule has 0 aliphatic carbocycles. The fourth-order valence-electron chi connectivity index (χ4n) is 2.10. The maximum atomic E-state index is 13.0. The van der Waals surface area contributed by atoms with Crippen LogP contribution in [0.1, 0.15) is 30.2 Å². The molecular formula is C15H18ClFN4O2. The van der Waals surface area contributed by atoms with Gasteiger partial charge in [0.1, 0.15) is 5.82 Å². The van der Waals surface area contributed by atoms with E-state index in [1.54, 1.807) is 24.9 Å². The summed E-state index contributed by atoms with van der Waals surface area (Å²) < 4.78 is 14.6. The number of carbonyl (C=O) groups excluding carboxylic acids is 1. The molecule has 23 heavy (non-hydrogen) atoms. The first kappa shape index (κ1) is 17.2. The predicted molar refractivity (Wildman–Crippen MR) is 84.5 cm³/mol. The number of aryl methyl sites for hydroxylation is 1. The molecule has 6 nitrogen and oxygen atoms in total. The molecule has 3 N–H and O–H groups in total. The van der Waals surface area contributed by atoms with Gasteiger partial charge in [-0.25, -0.2) is 9.18 Å². The molecule has 0 saturated heterocycles. The Hall–Kier alpha value is -2.12. The number of rotatable bonds is 5. The summed E-state index contributed by atoms with van der Waals surface area (Å²) in [5, 5.41) is 19.4. The van der Waals surface area contributed by atoms with E-state index in [1.807, 2.05) is 0 Å². The van der Waals surface area contributed by atoms with Gasteiger partial charge in [0.05, 0.1) is 18.3 Å². The van der Waals surface area contributed by atoms with Gasteiger partial charge in [-0.05, 0) is 24.6 Å². The molecule has 0 aliphatic heterocycles. The lowest BCUT2D eigenvalue weighted by Gasteiger charge is -2.17. The van der Waals surface area contributed by atoms with Crippen LogP contribution in [0.3, 0.4) is 0 Å². The Kier molecular flexibility index (Phi) is 5.57. The van der Waals surface area contributed by atoms with Gasteiger partial charge in [0, 0.05) is 30.4 Å². The first-order valence-corrected chi connectivity index (χ1v) is 7.40. The van der Waals surface area contributed by atoms with E-state index in [0.29, 0.717) is 11.1 Å². The van der Waals surface area contributed by atoms with E-state index in [0.717, 1.165) is 0 Å². The fourth-order valence-corrected chi connectivity index (χ4v) is 2.43. The second kappa shape index (κ2) is 7.43. The van der Waals surface area contributed by atoms with Crippen LogP contribution in [-0.2, 0) is 7.05 Å². The van der Waals surface area contributed by atoms with Crippen LogP contribution >= 0.6 is 11.6 Å². The van der Waals surface area contributed by atoms with E-state index in [4.69, 9.17) is 11.6 Å². The van der Waals surface area contributed by atoms with Crippen molar-refractivity contribution < 1.29 is 14.3 Å². The Morgan fingerprint density at radius 3 is 2.87 bits per heavy atom. The van der Waals surface area contributed by atoms with Crippen molar-refractivity contribution in [2.24, 2.45) is 7.05 Å². The standard InChI is InChI=1S/C15H18ClFN4O2/c1-9(12-4-3-11(17)5-13(12)16)20-15(23)18-7-14(22)10-6-19-21(2)8-10/h3-6,8-9,14,22H,7H2,1-2H3,(H2,18,20,23)/t9-,14+/m0/s1. The van der Waals surface area contributed by atoms with Crippen molar-refractivity contribution in [3.63, 3.8) is 0 Å². The van der Waals surface area contributed by atoms with Crippen LogP contribution in [0.15, 0.2) is 30.6 Å². The number of aromatic nitrogens is 2. The molecule has 2 rings (SSSR count). The number of aliphatic hydroxyl groups is 1. The molecule has 0 unspecified atom stereocenters. The second-order valence-electron chi connectivity index (χ2n) is 5.21. The molecule has 8 heteroatoms. The van der Waals surface area contributed by atoms with E-state index in [1.165, 1.54) is 24.4 Å². The maximum absolute atomic E-state index is 13.0. The van der Waals surface area contributed by atoms with Crippen molar-refractivity contribution in [3.8, 4) is 0 Å². The van der Waals surface area contributed by atoms with Gasteiger partial charge in [0.2, 0.25) is 0 Å². The third kappa shape index (κ3) is 4.67. The first-order valence-electron chi connectivity index (χ1n) is 7.02. The zero-order chi connectivity index (χ0) is 17.0. The fraction of sp³-hybridized carbons (Fsp3) is 0.333. The van der Waals surface area contributed by atoms with Gasteiger partial charge in [-0.15, -0.1) is 0 Å². The molecule has 0 radical (unpaired) electrons. The third-order valence-corrected chi connectivity index (χ3v) is 3.67. The number of benzene rings is 1. The smallest absolute Gasteiger partial charge is 0.315 e. The minimum Gasteiger partial charge on any atom is -0.386 e. The molecule has 0 aliphatic rings. The summed E-state index contributed by atoms with van der Waals surface area (Å²) >= 11 is 5.96. The minimum atomic E-state index is -0.848. The SMILES string of the molecule is C[C@H](NC(=O)NC[C@@H](O)c1cnn(C)c1)c1ccc(F)cc1Cl. The second-order valence-corrected chi connectivity index (χ2v) is 5.61. The number of nitrogens with zero attached hydrogens (tertiary/aromatic N) is 2. The number of halogens is 2. The summed E-state index contributed by atoms with van der Waals surface area (Å²) in [6.45, 7) is 1.78. The Labute approximate surface area is 138 Å². The average molecular weight is 341 g/mol. The van der Waals surface area contributed by atoms with Gasteiger partial charge in [-0.3, -0.25) is 4.68 Å². The largest absolute Gasteiger partial charge is 0.386 e. The van der Waals surface area contributed by atoms with Gasteiger partial charge in [0.15, 0.2) is 0 Å². The quantitative estimate of drug-likeness (QED) is 0.781. The van der Waals surface area contributed by atoms with Gasteiger partial charge < -0.3 is 15.7 Å². The lowest BCUT2D eigenvalue weighted by molar-refractivity contribution is 0.172. The van der Waals surface area contributed by atoms with Crippen molar-refractivity contribution in [2.75, 3.05) is 6.54 Å². The van der Waals surface area contributed by atoms with Crippen LogP contribution in [0.25, 0.3) is 0 Å². The van der Waals surface area contributed by atoms with Gasteiger partial charge in [-0.2, -0.15) is 5.10 Å². The number of amides is 2. The Morgan fingerprint density at radius 1 is 1.52 bits per heavy atom. The monoisotopic (exact) mass is 340 g/mol. The van der Waals surface area contributed by atoms with Crippen LogP contribution in [0.2, 0.25) is 5.02 Å². The van der Waals surface area contributed by atoms with E-state index in [-0.39, 0.29) is 11.6 Å². The molecule has 0 saturated carbocycles. The molecule has 1 aromatic carbocycles. The normalized spacial score (nSPS) is 13.4.